The summed E-state index contributed by atoms with van der Waals surface area (Å²) in [6.07, 6.45) is 11.4. The first-order valence-electron chi connectivity index (χ1n) is 12.2. The zero-order chi connectivity index (χ0) is 22.3. The first kappa shape index (κ1) is 22.3. The van der Waals surface area contributed by atoms with E-state index in [1.54, 1.807) is 18.3 Å². The predicted octanol–water partition coefficient (Wildman–Crippen LogP) is 5.85. The summed E-state index contributed by atoms with van der Waals surface area (Å²) in [6.45, 7) is 2.21. The number of aromatic nitrogens is 1. The topological polar surface area (TPSA) is 69.0 Å². The van der Waals surface area contributed by atoms with E-state index in [0.717, 1.165) is 51.4 Å². The summed E-state index contributed by atoms with van der Waals surface area (Å²) in [4.78, 5) is 20.6. The molecule has 0 spiro atoms. The zero-order valence-corrected chi connectivity index (χ0v) is 19.0. The van der Waals surface area contributed by atoms with Gasteiger partial charge in [-0.1, -0.05) is 69.4 Å². The van der Waals surface area contributed by atoms with Crippen molar-refractivity contribution < 1.29 is 4.79 Å². The Bertz CT molecular complexity index is 932. The first-order chi connectivity index (χ1) is 15.7. The molecule has 1 amide bonds. The third kappa shape index (κ3) is 4.96. The van der Waals surface area contributed by atoms with Gasteiger partial charge in [-0.05, 0) is 43.4 Å². The van der Waals surface area contributed by atoms with Crippen LogP contribution in [0.15, 0.2) is 48.7 Å². The molecule has 3 atom stereocenters. The van der Waals surface area contributed by atoms with E-state index < -0.39 is 0 Å². The van der Waals surface area contributed by atoms with Gasteiger partial charge in [-0.25, -0.2) is 4.98 Å². The summed E-state index contributed by atoms with van der Waals surface area (Å²) in [6, 6.07) is 16.4. The van der Waals surface area contributed by atoms with Crippen molar-refractivity contribution in [2.75, 3.05) is 5.32 Å². The van der Waals surface area contributed by atoms with E-state index >= 15 is 0 Å². The van der Waals surface area contributed by atoms with Gasteiger partial charge in [-0.15, -0.1) is 0 Å². The van der Waals surface area contributed by atoms with Crippen molar-refractivity contribution >= 4 is 11.7 Å². The fourth-order valence-corrected chi connectivity index (χ4v) is 5.48. The highest BCUT2D eigenvalue weighted by molar-refractivity contribution is 5.80. The van der Waals surface area contributed by atoms with Gasteiger partial charge < -0.3 is 10.2 Å². The normalized spacial score (nSPS) is 23.6. The number of likely N-dealkylation sites (tertiary alicyclic amines) is 1. The number of pyridine rings is 1. The monoisotopic (exact) mass is 430 g/mol. The molecule has 5 heteroatoms. The molecule has 1 aromatic heterocycles. The van der Waals surface area contributed by atoms with Crippen molar-refractivity contribution in [3.05, 3.63) is 59.8 Å². The molecule has 0 bridgehead atoms. The number of benzene rings is 1. The van der Waals surface area contributed by atoms with Gasteiger partial charge in [-0.2, -0.15) is 5.26 Å². The third-order valence-corrected chi connectivity index (χ3v) is 7.06. The second-order valence-electron chi connectivity index (χ2n) is 9.26. The predicted molar refractivity (Wildman–Crippen MR) is 127 cm³/mol. The minimum absolute atomic E-state index is 0.0278. The third-order valence-electron chi connectivity index (χ3n) is 7.06. The van der Waals surface area contributed by atoms with Crippen molar-refractivity contribution in [3.8, 4) is 6.07 Å². The van der Waals surface area contributed by atoms with Crippen LogP contribution in [0.5, 0.6) is 0 Å². The minimum atomic E-state index is -0.0278. The van der Waals surface area contributed by atoms with Gasteiger partial charge in [0, 0.05) is 18.2 Å². The number of rotatable bonds is 7. The Morgan fingerprint density at radius 3 is 2.69 bits per heavy atom. The highest BCUT2D eigenvalue weighted by atomic mass is 16.2. The van der Waals surface area contributed by atoms with Crippen LogP contribution in [0.1, 0.15) is 81.9 Å². The summed E-state index contributed by atoms with van der Waals surface area (Å²) < 4.78 is 0. The van der Waals surface area contributed by atoms with Crippen LogP contribution >= 0.6 is 0 Å². The lowest BCUT2D eigenvalue weighted by Gasteiger charge is -2.36. The van der Waals surface area contributed by atoms with Crippen LogP contribution in [0.25, 0.3) is 0 Å². The Morgan fingerprint density at radius 2 is 1.97 bits per heavy atom. The quantitative estimate of drug-likeness (QED) is 0.598. The van der Waals surface area contributed by atoms with Crippen LogP contribution in [0.4, 0.5) is 5.82 Å². The number of hydrogen-bond acceptors (Lipinski definition) is 4. The number of nitrogens with zero attached hydrogens (tertiary/aromatic N) is 3. The molecule has 32 heavy (non-hydrogen) atoms. The Morgan fingerprint density at radius 1 is 1.19 bits per heavy atom. The summed E-state index contributed by atoms with van der Waals surface area (Å²) in [5, 5.41) is 12.9. The SMILES string of the molecule is CCCCC1CC(Nc2cc(C#N)ccn2)C(c2ccccc2)N1C(=O)C1CCCCC1. The minimum Gasteiger partial charge on any atom is -0.365 e. The van der Waals surface area contributed by atoms with E-state index in [1.165, 1.54) is 12.0 Å². The number of anilines is 1. The number of carbonyl (C=O) groups is 1. The fourth-order valence-electron chi connectivity index (χ4n) is 5.48. The standard InChI is InChI=1S/C27H34N4O/c1-2-3-14-23-18-24(30-25-17-20(19-28)15-16-29-25)26(21-10-6-4-7-11-21)31(23)27(32)22-12-8-5-9-13-22/h4,6-7,10-11,15-17,22-24,26H,2-3,5,8-9,12-14,18H2,1H3,(H,29,30). The molecule has 2 fully saturated rings. The molecule has 5 nitrogen and oxygen atoms in total. The van der Waals surface area contributed by atoms with Crippen LogP contribution < -0.4 is 5.32 Å². The molecule has 4 rings (SSSR count). The summed E-state index contributed by atoms with van der Waals surface area (Å²) in [5.74, 6) is 1.19. The molecule has 168 valence electrons. The van der Waals surface area contributed by atoms with Gasteiger partial charge in [0.25, 0.3) is 0 Å². The van der Waals surface area contributed by atoms with E-state index in [4.69, 9.17) is 0 Å². The number of nitrogens with one attached hydrogen (secondary N) is 1. The maximum absolute atomic E-state index is 13.9. The van der Waals surface area contributed by atoms with Crippen molar-refractivity contribution in [1.29, 1.82) is 5.26 Å². The van der Waals surface area contributed by atoms with Crippen molar-refractivity contribution in [2.45, 2.75) is 82.8 Å². The zero-order valence-electron chi connectivity index (χ0n) is 19.0. The molecule has 2 heterocycles. The Labute approximate surface area is 191 Å². The molecule has 1 saturated heterocycles. The van der Waals surface area contributed by atoms with E-state index in [0.29, 0.717) is 17.3 Å². The van der Waals surface area contributed by atoms with Crippen LogP contribution in [-0.4, -0.2) is 27.9 Å². The molecule has 0 radical (unpaired) electrons. The largest absolute Gasteiger partial charge is 0.365 e. The summed E-state index contributed by atoms with van der Waals surface area (Å²) in [5.41, 5.74) is 1.76. The molecular formula is C27H34N4O. The van der Waals surface area contributed by atoms with Crippen LogP contribution in [-0.2, 0) is 4.79 Å². The average molecular weight is 431 g/mol. The Hall–Kier alpha value is -2.87. The molecule has 2 aliphatic rings. The molecule has 1 saturated carbocycles. The van der Waals surface area contributed by atoms with Crippen LogP contribution in [0, 0.1) is 17.2 Å². The highest BCUT2D eigenvalue weighted by Crippen LogP contribution is 2.42. The molecule has 1 N–H and O–H groups in total. The fraction of sp³-hybridized carbons (Fsp3) is 0.519. The van der Waals surface area contributed by atoms with Crippen molar-refractivity contribution in [3.63, 3.8) is 0 Å². The van der Waals surface area contributed by atoms with E-state index in [1.807, 2.05) is 6.07 Å². The van der Waals surface area contributed by atoms with Crippen LogP contribution in [0.3, 0.4) is 0 Å². The van der Waals surface area contributed by atoms with Gasteiger partial charge >= 0.3 is 0 Å². The molecule has 1 aliphatic heterocycles. The van der Waals surface area contributed by atoms with E-state index in [2.05, 4.69) is 52.5 Å². The maximum Gasteiger partial charge on any atom is 0.226 e. The number of hydrogen-bond donors (Lipinski definition) is 1. The van der Waals surface area contributed by atoms with E-state index in [9.17, 15) is 10.1 Å². The molecule has 1 aromatic carbocycles. The smallest absolute Gasteiger partial charge is 0.226 e. The van der Waals surface area contributed by atoms with Crippen molar-refractivity contribution in [1.82, 2.24) is 9.88 Å². The second kappa shape index (κ2) is 10.6. The van der Waals surface area contributed by atoms with Crippen molar-refractivity contribution in [2.24, 2.45) is 5.92 Å². The van der Waals surface area contributed by atoms with Gasteiger partial charge in [0.2, 0.25) is 5.91 Å². The average Bonchev–Trinajstić information content (AvgIpc) is 3.21. The number of amides is 1. The Kier molecular flexibility index (Phi) is 7.42. The maximum atomic E-state index is 13.9. The van der Waals surface area contributed by atoms with Gasteiger partial charge in [-0.3, -0.25) is 4.79 Å². The van der Waals surface area contributed by atoms with E-state index in [-0.39, 0.29) is 24.0 Å². The second-order valence-corrected chi connectivity index (χ2v) is 9.26. The Balaban J connectivity index is 1.68. The number of carbonyl (C=O) groups excluding carboxylic acids is 1. The molecule has 2 aromatic rings. The summed E-state index contributed by atoms with van der Waals surface area (Å²) >= 11 is 0. The van der Waals surface area contributed by atoms with Gasteiger partial charge in [0.05, 0.1) is 23.7 Å². The molecule has 1 aliphatic carbocycles. The van der Waals surface area contributed by atoms with Crippen LogP contribution in [0.2, 0.25) is 0 Å². The number of unbranched alkanes of at least 4 members (excludes halogenated alkanes) is 1. The summed E-state index contributed by atoms with van der Waals surface area (Å²) in [7, 11) is 0. The van der Waals surface area contributed by atoms with Gasteiger partial charge in [0.15, 0.2) is 0 Å². The van der Waals surface area contributed by atoms with Gasteiger partial charge in [0.1, 0.15) is 5.82 Å². The highest BCUT2D eigenvalue weighted by Gasteiger charge is 2.45. The molecular weight excluding hydrogens is 396 g/mol. The first-order valence-corrected chi connectivity index (χ1v) is 12.2. The lowest BCUT2D eigenvalue weighted by atomic mass is 9.87. The lowest BCUT2D eigenvalue weighted by Crippen LogP contribution is -2.43. The lowest BCUT2D eigenvalue weighted by molar-refractivity contribution is -0.140. The number of nitriles is 1. The molecule has 3 unspecified atom stereocenters.